The summed E-state index contributed by atoms with van der Waals surface area (Å²) in [6.07, 6.45) is -1.59. The number of nitrogens with one attached hydrogen (secondary N) is 1. The third-order valence-electron chi connectivity index (χ3n) is 8.36. The van der Waals surface area contributed by atoms with Crippen LogP contribution in [0.4, 0.5) is 13.2 Å². The maximum Gasteiger partial charge on any atom is 0.416 e. The Kier molecular flexibility index (Phi) is 10.7. The lowest BCUT2D eigenvalue weighted by atomic mass is 10.1. The standard InChI is InChI=1S/C37H33F3N8O3.BrH/c1-24(35-42-21-30(51-35)23-48(3,4)22-26-9-6-5-7-10-26)44-34(49)32-33(31-17-18-43-46(31)28-15-13-25(20-41)14-16-28)45(2)47(36(32)50)29-12-8-11-27(19-29)37(38,39)40;/h5-19,21,24H,22-23H2,1-4H3;1H/t24-;/m0./s1. The first-order chi connectivity index (χ1) is 24.3. The number of amides is 1. The van der Waals surface area contributed by atoms with Gasteiger partial charge in [0, 0.05) is 12.6 Å². The van der Waals surface area contributed by atoms with Gasteiger partial charge in [0.1, 0.15) is 30.4 Å². The minimum atomic E-state index is -4.66. The molecule has 0 saturated heterocycles. The molecule has 0 unspecified atom stereocenters. The number of rotatable bonds is 10. The van der Waals surface area contributed by atoms with E-state index in [1.165, 1.54) is 34.7 Å². The highest BCUT2D eigenvalue weighted by Crippen LogP contribution is 2.32. The van der Waals surface area contributed by atoms with Crippen molar-refractivity contribution in [3.63, 3.8) is 0 Å². The van der Waals surface area contributed by atoms with E-state index < -0.39 is 29.2 Å². The number of alkyl halides is 3. The van der Waals surface area contributed by atoms with Crippen LogP contribution >= 0.6 is 0 Å². The molecule has 0 aliphatic heterocycles. The Balaban J connectivity index is 0.00000523. The van der Waals surface area contributed by atoms with E-state index in [2.05, 4.69) is 47.7 Å². The summed E-state index contributed by atoms with van der Waals surface area (Å²) in [6.45, 7) is 2.93. The fourth-order valence-corrected chi connectivity index (χ4v) is 6.06. The molecule has 268 valence electrons. The molecule has 3 heterocycles. The Bertz CT molecular complexity index is 2300. The maximum atomic E-state index is 14.2. The summed E-state index contributed by atoms with van der Waals surface area (Å²) >= 11 is 0. The van der Waals surface area contributed by atoms with Gasteiger partial charge in [0.2, 0.25) is 5.89 Å². The second kappa shape index (κ2) is 14.9. The van der Waals surface area contributed by atoms with Crippen LogP contribution in [0, 0.1) is 11.3 Å². The number of hydrogen-bond donors (Lipinski definition) is 1. The molecule has 0 aliphatic carbocycles. The van der Waals surface area contributed by atoms with Crippen LogP contribution in [0.2, 0.25) is 0 Å². The van der Waals surface area contributed by atoms with E-state index in [9.17, 15) is 28.0 Å². The summed E-state index contributed by atoms with van der Waals surface area (Å²) in [5.41, 5.74) is 0.272. The van der Waals surface area contributed by atoms with Crippen LogP contribution in [0.1, 0.15) is 51.7 Å². The van der Waals surface area contributed by atoms with Crippen molar-refractivity contribution < 1.29 is 43.8 Å². The van der Waals surface area contributed by atoms with Crippen LogP contribution < -0.4 is 27.9 Å². The van der Waals surface area contributed by atoms with Gasteiger partial charge in [-0.2, -0.15) is 23.5 Å². The minimum absolute atomic E-state index is 0. The highest BCUT2D eigenvalue weighted by Gasteiger charge is 2.33. The predicted molar refractivity (Wildman–Crippen MR) is 182 cm³/mol. The monoisotopic (exact) mass is 774 g/mol. The number of quaternary nitrogens is 1. The summed E-state index contributed by atoms with van der Waals surface area (Å²) in [6, 6.07) is 23.7. The van der Waals surface area contributed by atoms with Crippen molar-refractivity contribution in [2.75, 3.05) is 14.1 Å². The molecule has 0 bridgehead atoms. The van der Waals surface area contributed by atoms with E-state index in [-0.39, 0.29) is 39.8 Å². The van der Waals surface area contributed by atoms with Crippen molar-refractivity contribution in [1.29, 1.82) is 5.26 Å². The van der Waals surface area contributed by atoms with Crippen LogP contribution in [0.15, 0.2) is 107 Å². The average molecular weight is 776 g/mol. The Morgan fingerprint density at radius 2 is 1.71 bits per heavy atom. The molecule has 6 rings (SSSR count). The largest absolute Gasteiger partial charge is 1.00 e. The smallest absolute Gasteiger partial charge is 0.416 e. The predicted octanol–water partition coefficient (Wildman–Crippen LogP) is 3.18. The summed E-state index contributed by atoms with van der Waals surface area (Å²) in [7, 11) is 5.60. The lowest BCUT2D eigenvalue weighted by Crippen LogP contribution is -3.00. The number of nitrogens with zero attached hydrogens (tertiary/aromatic N) is 7. The summed E-state index contributed by atoms with van der Waals surface area (Å²) < 4.78 is 51.6. The fraction of sp³-hybridized carbons (Fsp3) is 0.216. The van der Waals surface area contributed by atoms with Crippen molar-refractivity contribution in [2.24, 2.45) is 7.05 Å². The van der Waals surface area contributed by atoms with Crippen LogP contribution in [0.3, 0.4) is 0 Å². The molecule has 6 aromatic rings. The van der Waals surface area contributed by atoms with E-state index >= 15 is 0 Å². The molecular formula is C37H34BrF3N8O3. The van der Waals surface area contributed by atoms with Gasteiger partial charge in [-0.05, 0) is 55.5 Å². The molecule has 0 fully saturated rings. The van der Waals surface area contributed by atoms with Crippen molar-refractivity contribution in [2.45, 2.75) is 32.2 Å². The van der Waals surface area contributed by atoms with E-state index in [0.29, 0.717) is 33.7 Å². The Labute approximate surface area is 307 Å². The highest BCUT2D eigenvalue weighted by atomic mass is 79.9. The van der Waals surface area contributed by atoms with E-state index in [1.54, 1.807) is 43.5 Å². The van der Waals surface area contributed by atoms with Crippen molar-refractivity contribution in [1.82, 2.24) is 29.4 Å². The zero-order valence-corrected chi connectivity index (χ0v) is 30.2. The summed E-state index contributed by atoms with van der Waals surface area (Å²) in [5, 5.41) is 16.4. The molecule has 3 aromatic carbocycles. The zero-order chi connectivity index (χ0) is 36.5. The molecular weight excluding hydrogens is 741 g/mol. The molecule has 1 amide bonds. The second-order valence-electron chi connectivity index (χ2n) is 12.8. The van der Waals surface area contributed by atoms with Crippen molar-refractivity contribution >= 4 is 5.91 Å². The Hall–Kier alpha value is -5.72. The third kappa shape index (κ3) is 7.78. The first-order valence-electron chi connectivity index (χ1n) is 15.9. The SMILES string of the molecule is C[C@H](NC(=O)c1c(-c2ccnn2-c2ccc(C#N)cc2)n(C)n(-c2cccc(C(F)(F)F)c2)c1=O)c1ncc(C[N+](C)(C)Cc2ccccc2)o1.[Br-]. The second-order valence-corrected chi connectivity index (χ2v) is 12.8. The first kappa shape index (κ1) is 37.5. The number of hydrogen-bond acceptors (Lipinski definition) is 6. The third-order valence-corrected chi connectivity index (χ3v) is 8.36. The lowest BCUT2D eigenvalue weighted by molar-refractivity contribution is -0.917. The number of oxazole rings is 1. The number of carbonyl (C=O) groups is 1. The van der Waals surface area contributed by atoms with Gasteiger partial charge in [0.15, 0.2) is 5.76 Å². The van der Waals surface area contributed by atoms with Gasteiger partial charge in [0.25, 0.3) is 11.5 Å². The fourth-order valence-electron chi connectivity index (χ4n) is 6.06. The van der Waals surface area contributed by atoms with Gasteiger partial charge in [-0.3, -0.25) is 14.3 Å². The van der Waals surface area contributed by atoms with Gasteiger partial charge in [-0.15, -0.1) is 0 Å². The molecule has 1 N–H and O–H groups in total. The van der Waals surface area contributed by atoms with Crippen LogP contribution in [0.5, 0.6) is 0 Å². The van der Waals surface area contributed by atoms with Gasteiger partial charge in [-0.1, -0.05) is 36.4 Å². The van der Waals surface area contributed by atoms with Crippen molar-refractivity contribution in [3.8, 4) is 28.8 Å². The molecule has 0 saturated carbocycles. The minimum Gasteiger partial charge on any atom is -1.00 e. The van der Waals surface area contributed by atoms with E-state index in [0.717, 1.165) is 28.9 Å². The average Bonchev–Trinajstić information content (AvgIpc) is 3.82. The highest BCUT2D eigenvalue weighted by molar-refractivity contribution is 6.00. The first-order valence-corrected chi connectivity index (χ1v) is 15.9. The van der Waals surface area contributed by atoms with Crippen LogP contribution in [0.25, 0.3) is 22.8 Å². The lowest BCUT2D eigenvalue weighted by Gasteiger charge is -2.28. The molecule has 0 radical (unpaired) electrons. The number of benzene rings is 3. The molecule has 3 aromatic heterocycles. The Morgan fingerprint density at radius 1 is 1.00 bits per heavy atom. The topological polar surface area (TPSA) is 124 Å². The number of carbonyl (C=O) groups excluding carboxylic acids is 1. The molecule has 1 atom stereocenters. The molecule has 52 heavy (non-hydrogen) atoms. The molecule has 0 aliphatic rings. The van der Waals surface area contributed by atoms with Gasteiger partial charge >= 0.3 is 6.18 Å². The quantitative estimate of drug-likeness (QED) is 0.214. The van der Waals surface area contributed by atoms with E-state index in [4.69, 9.17) is 4.42 Å². The van der Waals surface area contributed by atoms with Gasteiger partial charge < -0.3 is 31.2 Å². The van der Waals surface area contributed by atoms with Gasteiger partial charge in [0.05, 0.1) is 60.8 Å². The Morgan fingerprint density at radius 3 is 2.38 bits per heavy atom. The molecule has 11 nitrogen and oxygen atoms in total. The zero-order valence-electron chi connectivity index (χ0n) is 28.6. The van der Waals surface area contributed by atoms with E-state index in [1.807, 2.05) is 18.2 Å². The molecule has 15 heteroatoms. The number of halogens is 4. The normalized spacial score (nSPS) is 12.2. The summed E-state index contributed by atoms with van der Waals surface area (Å²) in [4.78, 5) is 32.7. The van der Waals surface area contributed by atoms with Crippen LogP contribution in [-0.2, 0) is 26.3 Å². The summed E-state index contributed by atoms with van der Waals surface area (Å²) in [5.74, 6) is 0.0263. The van der Waals surface area contributed by atoms with Gasteiger partial charge in [-0.25, -0.2) is 14.3 Å². The number of nitriles is 1. The molecule has 0 spiro atoms. The van der Waals surface area contributed by atoms with Crippen LogP contribution in [-0.4, -0.2) is 48.6 Å². The number of aromatic nitrogens is 5. The van der Waals surface area contributed by atoms with Crippen molar-refractivity contribution in [3.05, 3.63) is 142 Å². The maximum absolute atomic E-state index is 14.2.